The Morgan fingerprint density at radius 2 is 1.92 bits per heavy atom. The van der Waals surface area contributed by atoms with Crippen LogP contribution in [0.1, 0.15) is 30.9 Å². The van der Waals surface area contributed by atoms with E-state index < -0.39 is 41.5 Å². The minimum absolute atomic E-state index is 0.0378. The molecular formula is C17H16F3NO3. The van der Waals surface area contributed by atoms with Gasteiger partial charge in [0.1, 0.15) is 12.4 Å². The van der Waals surface area contributed by atoms with E-state index in [1.54, 1.807) is 6.92 Å². The van der Waals surface area contributed by atoms with Gasteiger partial charge in [0.25, 0.3) is 0 Å². The number of hydrogen-bond acceptors (Lipinski definition) is 4. The summed E-state index contributed by atoms with van der Waals surface area (Å²) in [4.78, 5) is 28.6. The Kier molecular flexibility index (Phi) is 3.97. The molecule has 4 unspecified atom stereocenters. The number of halogens is 3. The van der Waals surface area contributed by atoms with Crippen molar-refractivity contribution in [2.45, 2.75) is 32.0 Å². The Hall–Kier alpha value is -2.18. The van der Waals surface area contributed by atoms with E-state index in [0.29, 0.717) is 5.71 Å². The Morgan fingerprint density at radius 1 is 1.25 bits per heavy atom. The SMILES string of the molecule is CC(=O)C1C(C)=NC2COC(=O)C2C1c1ccccc1C(F)(F)F. The quantitative estimate of drug-likeness (QED) is 0.779. The van der Waals surface area contributed by atoms with Gasteiger partial charge in [-0.2, -0.15) is 13.2 Å². The molecule has 0 saturated carbocycles. The van der Waals surface area contributed by atoms with E-state index in [1.165, 1.54) is 25.1 Å². The molecule has 0 N–H and O–H groups in total. The highest BCUT2D eigenvalue weighted by atomic mass is 19.4. The zero-order valence-corrected chi connectivity index (χ0v) is 13.1. The van der Waals surface area contributed by atoms with Crippen LogP contribution in [0.25, 0.3) is 0 Å². The van der Waals surface area contributed by atoms with Crippen LogP contribution >= 0.6 is 0 Å². The molecule has 2 aliphatic rings. The van der Waals surface area contributed by atoms with Crippen molar-refractivity contribution >= 4 is 17.5 Å². The molecule has 1 saturated heterocycles. The first-order chi connectivity index (χ1) is 11.2. The van der Waals surface area contributed by atoms with Crippen LogP contribution < -0.4 is 0 Å². The van der Waals surface area contributed by atoms with E-state index in [0.717, 1.165) is 6.07 Å². The zero-order valence-electron chi connectivity index (χ0n) is 13.1. The lowest BCUT2D eigenvalue weighted by Crippen LogP contribution is -2.42. The summed E-state index contributed by atoms with van der Waals surface area (Å²) < 4.78 is 45.3. The third kappa shape index (κ3) is 2.61. The Bertz CT molecular complexity index is 726. The maximum absolute atomic E-state index is 13.4. The van der Waals surface area contributed by atoms with Crippen molar-refractivity contribution in [3.05, 3.63) is 35.4 Å². The fourth-order valence-corrected chi connectivity index (χ4v) is 3.80. The van der Waals surface area contributed by atoms with Crippen molar-refractivity contribution in [2.75, 3.05) is 6.61 Å². The second-order valence-corrected chi connectivity index (χ2v) is 6.19. The van der Waals surface area contributed by atoms with Crippen LogP contribution in [0, 0.1) is 11.8 Å². The molecule has 2 heterocycles. The molecule has 1 aromatic carbocycles. The fraction of sp³-hybridized carbons (Fsp3) is 0.471. The van der Waals surface area contributed by atoms with Gasteiger partial charge in [-0.1, -0.05) is 18.2 Å². The summed E-state index contributed by atoms with van der Waals surface area (Å²) in [5.41, 5.74) is -0.424. The highest BCUT2D eigenvalue weighted by Crippen LogP contribution is 2.47. The Morgan fingerprint density at radius 3 is 2.54 bits per heavy atom. The molecule has 3 rings (SSSR count). The van der Waals surface area contributed by atoms with Crippen molar-refractivity contribution in [3.8, 4) is 0 Å². The molecule has 128 valence electrons. The number of benzene rings is 1. The average molecular weight is 339 g/mol. The number of carbonyl (C=O) groups excluding carboxylic acids is 2. The molecule has 2 aliphatic heterocycles. The highest BCUT2D eigenvalue weighted by Gasteiger charge is 2.52. The van der Waals surface area contributed by atoms with E-state index in [-0.39, 0.29) is 18.0 Å². The second-order valence-electron chi connectivity index (χ2n) is 6.19. The lowest BCUT2D eigenvalue weighted by molar-refractivity contribution is -0.144. The van der Waals surface area contributed by atoms with E-state index in [1.807, 2.05) is 0 Å². The van der Waals surface area contributed by atoms with Crippen LogP contribution in [-0.2, 0) is 20.5 Å². The first kappa shape index (κ1) is 16.7. The van der Waals surface area contributed by atoms with Gasteiger partial charge in [-0.25, -0.2) is 0 Å². The highest BCUT2D eigenvalue weighted by molar-refractivity contribution is 6.05. The minimum atomic E-state index is -4.57. The summed E-state index contributed by atoms with van der Waals surface area (Å²) >= 11 is 0. The van der Waals surface area contributed by atoms with Gasteiger partial charge in [0.05, 0.1) is 23.4 Å². The van der Waals surface area contributed by atoms with Crippen molar-refractivity contribution in [3.63, 3.8) is 0 Å². The van der Waals surface area contributed by atoms with Gasteiger partial charge in [-0.05, 0) is 25.5 Å². The molecular weight excluding hydrogens is 323 g/mol. The lowest BCUT2D eigenvalue weighted by atomic mass is 9.68. The molecule has 4 atom stereocenters. The predicted octanol–water partition coefficient (Wildman–Crippen LogP) is 3.01. The number of alkyl halides is 3. The molecule has 0 bridgehead atoms. The van der Waals surface area contributed by atoms with Crippen LogP contribution in [0.15, 0.2) is 29.3 Å². The molecule has 4 nitrogen and oxygen atoms in total. The molecule has 0 aromatic heterocycles. The van der Waals surface area contributed by atoms with E-state index in [2.05, 4.69) is 4.99 Å². The summed E-state index contributed by atoms with van der Waals surface area (Å²) in [5.74, 6) is -3.55. The number of aliphatic imine (C=N–C) groups is 1. The van der Waals surface area contributed by atoms with Gasteiger partial charge in [-0.3, -0.25) is 14.6 Å². The smallest absolute Gasteiger partial charge is 0.416 e. The topological polar surface area (TPSA) is 55.7 Å². The lowest BCUT2D eigenvalue weighted by Gasteiger charge is -2.36. The summed E-state index contributed by atoms with van der Waals surface area (Å²) in [7, 11) is 0. The van der Waals surface area contributed by atoms with Crippen molar-refractivity contribution in [2.24, 2.45) is 16.8 Å². The Labute approximate surface area is 136 Å². The van der Waals surface area contributed by atoms with E-state index in [9.17, 15) is 22.8 Å². The monoisotopic (exact) mass is 339 g/mol. The number of rotatable bonds is 2. The minimum Gasteiger partial charge on any atom is -0.463 e. The molecule has 0 radical (unpaired) electrons. The van der Waals surface area contributed by atoms with Gasteiger partial charge in [0.15, 0.2) is 0 Å². The van der Waals surface area contributed by atoms with Gasteiger partial charge >= 0.3 is 12.1 Å². The van der Waals surface area contributed by atoms with Crippen molar-refractivity contribution in [1.29, 1.82) is 0 Å². The number of ketones is 1. The van der Waals surface area contributed by atoms with Gasteiger partial charge in [-0.15, -0.1) is 0 Å². The summed E-state index contributed by atoms with van der Waals surface area (Å²) in [6, 6.07) is 4.55. The third-order valence-corrected chi connectivity index (χ3v) is 4.71. The maximum Gasteiger partial charge on any atom is 0.416 e. The number of nitrogens with zero attached hydrogens (tertiary/aromatic N) is 1. The molecule has 0 aliphatic carbocycles. The number of hydrogen-bond donors (Lipinski definition) is 0. The average Bonchev–Trinajstić information content (AvgIpc) is 2.85. The van der Waals surface area contributed by atoms with Gasteiger partial charge < -0.3 is 4.74 Å². The molecule has 1 fully saturated rings. The Balaban J connectivity index is 2.21. The molecule has 24 heavy (non-hydrogen) atoms. The predicted molar refractivity (Wildman–Crippen MR) is 79.7 cm³/mol. The zero-order chi connectivity index (χ0) is 17.6. The normalized spacial score (nSPS) is 29.7. The van der Waals surface area contributed by atoms with Crippen molar-refractivity contribution in [1.82, 2.24) is 0 Å². The van der Waals surface area contributed by atoms with Crippen LogP contribution in [0.5, 0.6) is 0 Å². The van der Waals surface area contributed by atoms with Crippen molar-refractivity contribution < 1.29 is 27.5 Å². The van der Waals surface area contributed by atoms with E-state index in [4.69, 9.17) is 4.74 Å². The fourth-order valence-electron chi connectivity index (χ4n) is 3.80. The standard InChI is InChI=1S/C17H16F3NO3/c1-8-13(9(2)22)14(15-12(21-8)7-24-16(15)23)10-5-3-4-6-11(10)17(18,19)20/h3-6,12-15H,7H2,1-2H3. The number of cyclic esters (lactones) is 1. The van der Waals surface area contributed by atoms with Gasteiger partial charge in [0.2, 0.25) is 0 Å². The number of esters is 1. The maximum atomic E-state index is 13.4. The molecule has 7 heteroatoms. The van der Waals surface area contributed by atoms with Gasteiger partial charge in [0, 0.05) is 11.6 Å². The largest absolute Gasteiger partial charge is 0.463 e. The summed E-state index contributed by atoms with van der Waals surface area (Å²) in [6.07, 6.45) is -4.57. The van der Waals surface area contributed by atoms with Crippen LogP contribution in [0.4, 0.5) is 13.2 Å². The second kappa shape index (κ2) is 5.72. The molecule has 0 spiro atoms. The molecule has 0 amide bonds. The number of ether oxygens (including phenoxy) is 1. The first-order valence-electron chi connectivity index (χ1n) is 7.59. The molecule has 1 aromatic rings. The van der Waals surface area contributed by atoms with Crippen LogP contribution in [-0.4, -0.2) is 30.1 Å². The first-order valence-corrected chi connectivity index (χ1v) is 7.59. The number of carbonyl (C=O) groups is 2. The number of fused-ring (bicyclic) bond motifs is 1. The third-order valence-electron chi connectivity index (χ3n) is 4.71. The van der Waals surface area contributed by atoms with E-state index >= 15 is 0 Å². The van der Waals surface area contributed by atoms with Crippen LogP contribution in [0.3, 0.4) is 0 Å². The number of Topliss-reactive ketones (excluding diaryl/α,β-unsaturated/α-hetero) is 1. The summed E-state index contributed by atoms with van der Waals surface area (Å²) in [5, 5.41) is 0. The van der Waals surface area contributed by atoms with Crippen LogP contribution in [0.2, 0.25) is 0 Å². The summed E-state index contributed by atoms with van der Waals surface area (Å²) in [6.45, 7) is 2.97.